The van der Waals surface area contributed by atoms with Gasteiger partial charge in [-0.05, 0) is 73.8 Å². The zero-order valence-electron chi connectivity index (χ0n) is 16.9. The van der Waals surface area contributed by atoms with Crippen molar-refractivity contribution in [2.45, 2.75) is 38.8 Å². The van der Waals surface area contributed by atoms with E-state index in [4.69, 9.17) is 11.6 Å². The van der Waals surface area contributed by atoms with E-state index in [0.717, 1.165) is 18.0 Å². The molecule has 0 aliphatic rings. The molecular weight excluding hydrogens is 422 g/mol. The number of anilines is 1. The molecule has 9 heteroatoms. The van der Waals surface area contributed by atoms with Crippen molar-refractivity contribution in [3.63, 3.8) is 0 Å². The average molecular weight is 444 g/mol. The predicted molar refractivity (Wildman–Crippen MR) is 118 cm³/mol. The first-order valence-corrected chi connectivity index (χ1v) is 10.6. The fourth-order valence-corrected chi connectivity index (χ4v) is 3.38. The van der Waals surface area contributed by atoms with Gasteiger partial charge in [0.15, 0.2) is 5.69 Å². The minimum Gasteiger partial charge on any atom is -0.349 e. The third-order valence-electron chi connectivity index (χ3n) is 4.78. The SMILES string of the molecule is CCC(C)(C)NC(=O)[C@H](c1ccncc1)N(C(=O)c1csnn1)c1ccc(Cl)cc1. The lowest BCUT2D eigenvalue weighted by Crippen LogP contribution is -2.50. The van der Waals surface area contributed by atoms with E-state index >= 15 is 0 Å². The Morgan fingerprint density at radius 2 is 1.83 bits per heavy atom. The zero-order chi connectivity index (χ0) is 21.7. The molecule has 156 valence electrons. The van der Waals surface area contributed by atoms with Crippen LogP contribution >= 0.6 is 23.1 Å². The van der Waals surface area contributed by atoms with Crippen molar-refractivity contribution in [1.82, 2.24) is 19.9 Å². The van der Waals surface area contributed by atoms with Crippen LogP contribution in [0.4, 0.5) is 5.69 Å². The van der Waals surface area contributed by atoms with Gasteiger partial charge in [0, 0.05) is 34.0 Å². The number of halogens is 1. The molecule has 1 aromatic carbocycles. The van der Waals surface area contributed by atoms with Gasteiger partial charge in [0.1, 0.15) is 6.04 Å². The number of aromatic nitrogens is 3. The maximum atomic E-state index is 13.5. The van der Waals surface area contributed by atoms with Gasteiger partial charge in [0.05, 0.1) is 0 Å². The Balaban J connectivity index is 2.14. The molecule has 0 fully saturated rings. The van der Waals surface area contributed by atoms with Crippen molar-refractivity contribution in [1.29, 1.82) is 0 Å². The summed E-state index contributed by atoms with van der Waals surface area (Å²) in [7, 11) is 0. The Morgan fingerprint density at radius 1 is 1.17 bits per heavy atom. The Bertz CT molecular complexity index is 994. The van der Waals surface area contributed by atoms with Crippen molar-refractivity contribution >= 4 is 40.6 Å². The second kappa shape index (κ2) is 9.32. The van der Waals surface area contributed by atoms with Crippen LogP contribution < -0.4 is 10.2 Å². The van der Waals surface area contributed by atoms with E-state index < -0.39 is 17.5 Å². The van der Waals surface area contributed by atoms with E-state index in [9.17, 15) is 9.59 Å². The summed E-state index contributed by atoms with van der Waals surface area (Å²) in [6.45, 7) is 5.87. The average Bonchev–Trinajstić information content (AvgIpc) is 3.27. The number of nitrogens with zero attached hydrogens (tertiary/aromatic N) is 4. The van der Waals surface area contributed by atoms with E-state index in [2.05, 4.69) is 19.9 Å². The van der Waals surface area contributed by atoms with Gasteiger partial charge in [0.25, 0.3) is 5.91 Å². The first-order chi connectivity index (χ1) is 14.3. The normalized spacial score (nSPS) is 12.3. The number of amides is 2. The lowest BCUT2D eigenvalue weighted by atomic mass is 9.98. The minimum absolute atomic E-state index is 0.163. The molecule has 0 aliphatic carbocycles. The number of rotatable bonds is 7. The highest BCUT2D eigenvalue weighted by Crippen LogP contribution is 2.31. The Hall–Kier alpha value is -2.84. The Labute approximate surface area is 184 Å². The van der Waals surface area contributed by atoms with Gasteiger partial charge >= 0.3 is 0 Å². The topological polar surface area (TPSA) is 88.1 Å². The molecule has 0 spiro atoms. The van der Waals surface area contributed by atoms with Gasteiger partial charge in [-0.25, -0.2) is 0 Å². The summed E-state index contributed by atoms with van der Waals surface area (Å²) in [5, 5.41) is 9.05. The van der Waals surface area contributed by atoms with E-state index in [0.29, 0.717) is 16.3 Å². The molecule has 2 heterocycles. The predicted octanol–water partition coefficient (Wildman–Crippen LogP) is 4.28. The molecule has 3 rings (SSSR count). The number of carbonyl (C=O) groups is 2. The van der Waals surface area contributed by atoms with Crippen molar-refractivity contribution in [2.24, 2.45) is 0 Å². The molecule has 0 saturated heterocycles. The third-order valence-corrected chi connectivity index (χ3v) is 5.53. The highest BCUT2D eigenvalue weighted by Gasteiger charge is 2.36. The molecule has 1 atom stereocenters. The Morgan fingerprint density at radius 3 is 2.40 bits per heavy atom. The summed E-state index contributed by atoms with van der Waals surface area (Å²) in [6, 6.07) is 9.26. The summed E-state index contributed by atoms with van der Waals surface area (Å²) in [6.07, 6.45) is 3.91. The van der Waals surface area contributed by atoms with Gasteiger partial charge in [0.2, 0.25) is 5.91 Å². The number of benzene rings is 1. The summed E-state index contributed by atoms with van der Waals surface area (Å²) >= 11 is 7.12. The van der Waals surface area contributed by atoms with Crippen molar-refractivity contribution < 1.29 is 9.59 Å². The number of hydrogen-bond donors (Lipinski definition) is 1. The second-order valence-corrected chi connectivity index (χ2v) is 8.40. The van der Waals surface area contributed by atoms with Gasteiger partial charge in [-0.1, -0.05) is 23.0 Å². The molecule has 0 bridgehead atoms. The summed E-state index contributed by atoms with van der Waals surface area (Å²) < 4.78 is 3.80. The first kappa shape index (κ1) is 21.9. The van der Waals surface area contributed by atoms with Crippen LogP contribution in [0.5, 0.6) is 0 Å². The Kier molecular flexibility index (Phi) is 6.79. The third kappa shape index (κ3) is 5.01. The maximum Gasteiger partial charge on any atom is 0.280 e. The number of pyridine rings is 1. The minimum atomic E-state index is -0.936. The summed E-state index contributed by atoms with van der Waals surface area (Å²) in [5.74, 6) is -0.739. The van der Waals surface area contributed by atoms with Gasteiger partial charge in [-0.3, -0.25) is 19.5 Å². The number of carbonyl (C=O) groups excluding carboxylic acids is 2. The van der Waals surface area contributed by atoms with Gasteiger partial charge < -0.3 is 5.32 Å². The molecule has 0 radical (unpaired) electrons. The van der Waals surface area contributed by atoms with Crippen LogP contribution in [-0.2, 0) is 4.79 Å². The van der Waals surface area contributed by atoms with Gasteiger partial charge in [-0.2, -0.15) is 0 Å². The lowest BCUT2D eigenvalue weighted by molar-refractivity contribution is -0.124. The fraction of sp³-hybridized carbons (Fsp3) is 0.286. The summed E-state index contributed by atoms with van der Waals surface area (Å²) in [4.78, 5) is 32.4. The van der Waals surface area contributed by atoms with Crippen LogP contribution in [0.25, 0.3) is 0 Å². The highest BCUT2D eigenvalue weighted by molar-refractivity contribution is 7.03. The maximum absolute atomic E-state index is 13.5. The quantitative estimate of drug-likeness (QED) is 0.588. The molecule has 2 amide bonds. The second-order valence-electron chi connectivity index (χ2n) is 7.35. The van der Waals surface area contributed by atoms with E-state index in [-0.39, 0.29) is 11.6 Å². The molecule has 2 aromatic heterocycles. The monoisotopic (exact) mass is 443 g/mol. The smallest absolute Gasteiger partial charge is 0.280 e. The van der Waals surface area contributed by atoms with Crippen molar-refractivity contribution in [3.05, 3.63) is 70.5 Å². The molecule has 3 aromatic rings. The molecule has 7 nitrogen and oxygen atoms in total. The van der Waals surface area contributed by atoms with E-state index in [1.165, 1.54) is 4.90 Å². The standard InChI is InChI=1S/C21H22ClN5O2S/c1-4-21(2,3)24-19(28)18(14-9-11-23-12-10-14)27(16-7-5-15(22)6-8-16)20(29)17-13-30-26-25-17/h5-13,18H,4H2,1-3H3,(H,24,28)/t18-/m0/s1. The van der Waals surface area contributed by atoms with Crippen LogP contribution in [0.3, 0.4) is 0 Å². The summed E-state index contributed by atoms with van der Waals surface area (Å²) in [5.41, 5.74) is 0.861. The highest BCUT2D eigenvalue weighted by atomic mass is 35.5. The van der Waals surface area contributed by atoms with Gasteiger partial charge in [-0.15, -0.1) is 5.10 Å². The molecule has 0 unspecified atom stereocenters. The van der Waals surface area contributed by atoms with Crippen LogP contribution in [0.15, 0.2) is 54.2 Å². The van der Waals surface area contributed by atoms with Crippen LogP contribution in [0.2, 0.25) is 5.02 Å². The van der Waals surface area contributed by atoms with E-state index in [1.807, 2.05) is 20.8 Å². The molecule has 0 saturated carbocycles. The molecule has 1 N–H and O–H groups in total. The van der Waals surface area contributed by atoms with E-state index in [1.54, 1.807) is 54.2 Å². The van der Waals surface area contributed by atoms with Crippen LogP contribution in [0, 0.1) is 0 Å². The fourth-order valence-electron chi connectivity index (χ4n) is 2.82. The van der Waals surface area contributed by atoms with Crippen LogP contribution in [-0.4, -0.2) is 31.9 Å². The zero-order valence-corrected chi connectivity index (χ0v) is 18.4. The molecule has 0 aliphatic heterocycles. The van der Waals surface area contributed by atoms with Crippen LogP contribution in [0.1, 0.15) is 49.3 Å². The lowest BCUT2D eigenvalue weighted by Gasteiger charge is -2.34. The van der Waals surface area contributed by atoms with Crippen molar-refractivity contribution in [2.75, 3.05) is 4.90 Å². The number of hydrogen-bond acceptors (Lipinski definition) is 6. The number of nitrogens with one attached hydrogen (secondary N) is 1. The first-order valence-electron chi connectivity index (χ1n) is 9.40. The van der Waals surface area contributed by atoms with Crippen molar-refractivity contribution in [3.8, 4) is 0 Å². The molecule has 30 heavy (non-hydrogen) atoms. The molecular formula is C21H22ClN5O2S. The largest absolute Gasteiger partial charge is 0.349 e.